The van der Waals surface area contributed by atoms with E-state index in [0.717, 1.165) is 36.8 Å². The first-order chi connectivity index (χ1) is 16.0. The number of rotatable bonds is 7. The van der Waals surface area contributed by atoms with E-state index in [-0.39, 0.29) is 35.7 Å². The van der Waals surface area contributed by atoms with Gasteiger partial charge in [-0.15, -0.1) is 0 Å². The minimum absolute atomic E-state index is 0.0925. The van der Waals surface area contributed by atoms with Crippen molar-refractivity contribution in [1.29, 1.82) is 0 Å². The lowest BCUT2D eigenvalue weighted by Crippen LogP contribution is -2.48. The Bertz CT molecular complexity index is 918. The monoisotopic (exact) mass is 494 g/mol. The second kappa shape index (κ2) is 13.2. The van der Waals surface area contributed by atoms with Gasteiger partial charge in [0.1, 0.15) is 0 Å². The smallest absolute Gasteiger partial charge is 0.224 e. The molecular formula is C26H42N2O5S. The Balaban J connectivity index is 2.17. The summed E-state index contributed by atoms with van der Waals surface area (Å²) in [5.41, 5.74) is 1.83. The fourth-order valence-corrected chi connectivity index (χ4v) is 6.16. The standard InChI is InChI=1S/C26H42N2O5S/c1-5-6-12-27-25(30)19(3)14-24(29)23-13-18(2)10-11-21-8-7-9-22(15-21)17-34(32,33)16-20(4)26(31)28-23/h7-9,15,18-20,23-24,29H,5-6,10-14,16-17H2,1-4H3,(H,27,30)(H,28,31)/t18-,19-,20-,23+,24+/m1/s1. The van der Waals surface area contributed by atoms with Crippen molar-refractivity contribution in [1.82, 2.24) is 10.6 Å². The first kappa shape index (κ1) is 28.3. The molecule has 3 N–H and O–H groups in total. The summed E-state index contributed by atoms with van der Waals surface area (Å²) in [5, 5.41) is 16.8. The number of benzene rings is 1. The molecule has 192 valence electrons. The number of unbranched alkanes of at least 4 members (excludes halogenated alkanes) is 1. The van der Waals surface area contributed by atoms with E-state index in [9.17, 15) is 23.1 Å². The van der Waals surface area contributed by atoms with Crippen LogP contribution in [-0.4, -0.2) is 49.8 Å². The molecule has 1 aliphatic heterocycles. The number of aliphatic hydroxyl groups excluding tert-OH is 1. The van der Waals surface area contributed by atoms with Gasteiger partial charge < -0.3 is 15.7 Å². The van der Waals surface area contributed by atoms with Gasteiger partial charge in [0.05, 0.1) is 23.7 Å². The lowest BCUT2D eigenvalue weighted by Gasteiger charge is -2.29. The predicted octanol–water partition coefficient (Wildman–Crippen LogP) is 3.00. The summed E-state index contributed by atoms with van der Waals surface area (Å²) in [7, 11) is -3.48. The lowest BCUT2D eigenvalue weighted by molar-refractivity contribution is -0.126. The van der Waals surface area contributed by atoms with Crippen LogP contribution in [0.15, 0.2) is 24.3 Å². The maximum absolute atomic E-state index is 12.9. The molecule has 0 spiro atoms. The lowest BCUT2D eigenvalue weighted by atomic mass is 9.88. The Morgan fingerprint density at radius 1 is 1.26 bits per heavy atom. The van der Waals surface area contributed by atoms with Crippen LogP contribution < -0.4 is 10.6 Å². The first-order valence-corrected chi connectivity index (χ1v) is 14.4. The van der Waals surface area contributed by atoms with E-state index >= 15 is 0 Å². The molecule has 2 rings (SSSR count). The molecule has 1 aromatic rings. The van der Waals surface area contributed by atoms with Crippen molar-refractivity contribution >= 4 is 21.7 Å². The minimum atomic E-state index is -3.48. The Morgan fingerprint density at radius 2 is 1.97 bits per heavy atom. The van der Waals surface area contributed by atoms with Gasteiger partial charge in [0.2, 0.25) is 11.8 Å². The third-order valence-corrected chi connectivity index (χ3v) is 8.36. The van der Waals surface area contributed by atoms with E-state index in [0.29, 0.717) is 13.0 Å². The second-order valence-corrected chi connectivity index (χ2v) is 12.2. The molecule has 0 aromatic heterocycles. The van der Waals surface area contributed by atoms with Gasteiger partial charge >= 0.3 is 0 Å². The third kappa shape index (κ3) is 9.37. The molecule has 5 atom stereocenters. The Kier molecular flexibility index (Phi) is 11.0. The quantitative estimate of drug-likeness (QED) is 0.505. The van der Waals surface area contributed by atoms with Gasteiger partial charge in [-0.2, -0.15) is 0 Å². The Labute approximate surface area is 205 Å². The van der Waals surface area contributed by atoms with Crippen molar-refractivity contribution in [2.45, 2.75) is 84.1 Å². The highest BCUT2D eigenvalue weighted by Gasteiger charge is 2.30. The molecule has 0 radical (unpaired) electrons. The molecule has 1 aliphatic rings. The van der Waals surface area contributed by atoms with Crippen LogP contribution in [-0.2, 0) is 31.6 Å². The number of hydrogen-bond donors (Lipinski definition) is 3. The van der Waals surface area contributed by atoms with Gasteiger partial charge in [-0.1, -0.05) is 58.4 Å². The molecule has 1 aromatic carbocycles. The highest BCUT2D eigenvalue weighted by Crippen LogP contribution is 2.22. The Hall–Kier alpha value is -1.93. The topological polar surface area (TPSA) is 113 Å². The van der Waals surface area contributed by atoms with E-state index in [1.165, 1.54) is 0 Å². The van der Waals surface area contributed by atoms with Crippen molar-refractivity contribution in [3.63, 3.8) is 0 Å². The van der Waals surface area contributed by atoms with E-state index in [2.05, 4.69) is 24.5 Å². The van der Waals surface area contributed by atoms with Crippen LogP contribution >= 0.6 is 0 Å². The number of hydrogen-bond acceptors (Lipinski definition) is 5. The molecule has 7 nitrogen and oxygen atoms in total. The summed E-state index contributed by atoms with van der Waals surface area (Å²) < 4.78 is 25.4. The zero-order chi connectivity index (χ0) is 25.3. The van der Waals surface area contributed by atoms with Crippen LogP contribution in [0.1, 0.15) is 70.9 Å². The van der Waals surface area contributed by atoms with Gasteiger partial charge in [-0.05, 0) is 49.1 Å². The summed E-state index contributed by atoms with van der Waals surface area (Å²) in [6.07, 6.45) is 3.40. The van der Waals surface area contributed by atoms with Crippen molar-refractivity contribution in [2.24, 2.45) is 17.8 Å². The number of nitrogens with one attached hydrogen (secondary N) is 2. The number of fused-ring (bicyclic) bond motifs is 2. The number of amides is 2. The predicted molar refractivity (Wildman–Crippen MR) is 135 cm³/mol. The van der Waals surface area contributed by atoms with Gasteiger partial charge in [-0.3, -0.25) is 9.59 Å². The number of aryl methyl sites for hydroxylation is 1. The normalized spacial score (nSPS) is 25.4. The fourth-order valence-electron chi connectivity index (χ4n) is 4.44. The van der Waals surface area contributed by atoms with E-state index in [1.807, 2.05) is 24.3 Å². The van der Waals surface area contributed by atoms with Crippen LogP contribution in [0.2, 0.25) is 0 Å². The maximum Gasteiger partial charge on any atom is 0.224 e. The van der Waals surface area contributed by atoms with Crippen molar-refractivity contribution in [2.75, 3.05) is 12.3 Å². The van der Waals surface area contributed by atoms with Crippen molar-refractivity contribution in [3.05, 3.63) is 35.4 Å². The van der Waals surface area contributed by atoms with Gasteiger partial charge in [0, 0.05) is 18.4 Å². The second-order valence-electron chi connectivity index (χ2n) is 10.1. The largest absolute Gasteiger partial charge is 0.391 e. The Morgan fingerprint density at radius 3 is 2.68 bits per heavy atom. The van der Waals surface area contributed by atoms with E-state index in [4.69, 9.17) is 0 Å². The summed E-state index contributed by atoms with van der Waals surface area (Å²) >= 11 is 0. The molecule has 0 saturated heterocycles. The number of sulfone groups is 1. The molecule has 0 fully saturated rings. The summed E-state index contributed by atoms with van der Waals surface area (Å²) in [4.78, 5) is 25.3. The summed E-state index contributed by atoms with van der Waals surface area (Å²) in [5.74, 6) is -1.75. The van der Waals surface area contributed by atoms with Crippen LogP contribution in [0.25, 0.3) is 0 Å². The van der Waals surface area contributed by atoms with Gasteiger partial charge in [0.25, 0.3) is 0 Å². The molecule has 1 heterocycles. The minimum Gasteiger partial charge on any atom is -0.391 e. The van der Waals surface area contributed by atoms with E-state index in [1.54, 1.807) is 13.8 Å². The van der Waals surface area contributed by atoms with Crippen LogP contribution in [0.5, 0.6) is 0 Å². The molecule has 0 unspecified atom stereocenters. The van der Waals surface area contributed by atoms with Crippen molar-refractivity contribution < 1.29 is 23.1 Å². The third-order valence-electron chi connectivity index (χ3n) is 6.58. The highest BCUT2D eigenvalue weighted by molar-refractivity contribution is 7.90. The van der Waals surface area contributed by atoms with Crippen LogP contribution in [0.4, 0.5) is 0 Å². The molecular weight excluding hydrogens is 452 g/mol. The van der Waals surface area contributed by atoms with Gasteiger partial charge in [0.15, 0.2) is 9.84 Å². The molecule has 2 amide bonds. The first-order valence-electron chi connectivity index (χ1n) is 12.5. The summed E-state index contributed by atoms with van der Waals surface area (Å²) in [6, 6.07) is 7.09. The zero-order valence-corrected chi connectivity index (χ0v) is 21.9. The molecule has 0 aliphatic carbocycles. The number of carbonyl (C=O) groups is 2. The highest BCUT2D eigenvalue weighted by atomic mass is 32.2. The van der Waals surface area contributed by atoms with Crippen LogP contribution in [0, 0.1) is 17.8 Å². The van der Waals surface area contributed by atoms with Gasteiger partial charge in [-0.25, -0.2) is 8.42 Å². The average Bonchev–Trinajstić information content (AvgIpc) is 2.76. The van der Waals surface area contributed by atoms with Crippen LogP contribution in [0.3, 0.4) is 0 Å². The van der Waals surface area contributed by atoms with Crippen molar-refractivity contribution in [3.8, 4) is 0 Å². The molecule has 8 heteroatoms. The van der Waals surface area contributed by atoms with E-state index < -0.39 is 33.8 Å². The number of aliphatic hydroxyl groups is 1. The fraction of sp³-hybridized carbons (Fsp3) is 0.692. The SMILES string of the molecule is CCCCNC(=O)[C@H](C)C[C@H](O)[C@@H]1C[C@H](C)CCc2cccc(c2)CS(=O)(=O)C[C@@H](C)C(=O)N1. The summed E-state index contributed by atoms with van der Waals surface area (Å²) in [6.45, 7) is 8.14. The zero-order valence-electron chi connectivity index (χ0n) is 21.0. The number of carbonyl (C=O) groups excluding carboxylic acids is 2. The molecule has 34 heavy (non-hydrogen) atoms. The molecule has 2 bridgehead atoms. The maximum atomic E-state index is 12.9. The molecule has 0 saturated carbocycles. The average molecular weight is 495 g/mol.